The molecule has 0 aliphatic carbocycles. The second-order valence-electron chi connectivity index (χ2n) is 5.95. The van der Waals surface area contributed by atoms with Crippen molar-refractivity contribution < 1.29 is 23.8 Å². The molecular formula is C23H20O5. The molecule has 142 valence electrons. The quantitative estimate of drug-likeness (QED) is 0.414. The van der Waals surface area contributed by atoms with Crippen molar-refractivity contribution in [3.8, 4) is 11.5 Å². The van der Waals surface area contributed by atoms with Gasteiger partial charge in [0.05, 0.1) is 0 Å². The van der Waals surface area contributed by atoms with Gasteiger partial charge in [-0.05, 0) is 23.3 Å². The summed E-state index contributed by atoms with van der Waals surface area (Å²) >= 11 is 0. The van der Waals surface area contributed by atoms with Gasteiger partial charge in [-0.1, -0.05) is 66.7 Å². The van der Waals surface area contributed by atoms with E-state index >= 15 is 0 Å². The minimum absolute atomic E-state index is 0.211. The summed E-state index contributed by atoms with van der Waals surface area (Å²) in [5, 5.41) is 0. The van der Waals surface area contributed by atoms with Gasteiger partial charge in [-0.3, -0.25) is 4.79 Å². The molecule has 0 spiro atoms. The Hall–Kier alpha value is -3.60. The summed E-state index contributed by atoms with van der Waals surface area (Å²) in [7, 11) is 0. The second-order valence-corrected chi connectivity index (χ2v) is 5.95. The lowest BCUT2D eigenvalue weighted by molar-refractivity contribution is -0.110. The van der Waals surface area contributed by atoms with Crippen LogP contribution in [-0.4, -0.2) is 18.9 Å². The number of aldehydes is 1. The van der Waals surface area contributed by atoms with Crippen molar-refractivity contribution in [1.82, 2.24) is 0 Å². The molecule has 0 atom stereocenters. The summed E-state index contributed by atoms with van der Waals surface area (Å²) < 4.78 is 16.8. The highest BCUT2D eigenvalue weighted by molar-refractivity contribution is 5.94. The molecule has 0 aromatic heterocycles. The fourth-order valence-electron chi connectivity index (χ4n) is 2.59. The highest BCUT2D eigenvalue weighted by atomic mass is 16.5. The van der Waals surface area contributed by atoms with Crippen LogP contribution in [0.3, 0.4) is 0 Å². The van der Waals surface area contributed by atoms with Gasteiger partial charge in [0.1, 0.15) is 25.4 Å². The number of carbonyl (C=O) groups is 2. The summed E-state index contributed by atoms with van der Waals surface area (Å²) in [4.78, 5) is 22.9. The average molecular weight is 376 g/mol. The van der Waals surface area contributed by atoms with Crippen LogP contribution in [0.2, 0.25) is 0 Å². The zero-order valence-corrected chi connectivity index (χ0v) is 15.2. The number of hydrogen-bond acceptors (Lipinski definition) is 5. The Labute approximate surface area is 163 Å². The second kappa shape index (κ2) is 9.92. The molecule has 0 fully saturated rings. The van der Waals surface area contributed by atoms with Gasteiger partial charge in [-0.15, -0.1) is 0 Å². The summed E-state index contributed by atoms with van der Waals surface area (Å²) in [6.07, 6.45) is 0.526. The number of para-hydroxylation sites is 1. The molecule has 0 N–H and O–H groups in total. The molecule has 0 saturated heterocycles. The molecule has 0 radical (unpaired) electrons. The third-order valence-corrected chi connectivity index (χ3v) is 3.94. The smallest absolute Gasteiger partial charge is 0.342 e. The van der Waals surface area contributed by atoms with E-state index in [9.17, 15) is 9.59 Å². The Kier molecular flexibility index (Phi) is 6.79. The van der Waals surface area contributed by atoms with E-state index in [1.54, 1.807) is 18.2 Å². The first-order valence-electron chi connectivity index (χ1n) is 8.85. The minimum atomic E-state index is -0.639. The van der Waals surface area contributed by atoms with Crippen molar-refractivity contribution in [2.45, 2.75) is 13.2 Å². The first-order chi connectivity index (χ1) is 13.8. The third kappa shape index (κ3) is 5.20. The fourth-order valence-corrected chi connectivity index (χ4v) is 2.59. The predicted octanol–water partition coefficient (Wildman–Crippen LogP) is 4.20. The highest BCUT2D eigenvalue weighted by Crippen LogP contribution is 2.33. The number of carbonyl (C=O) groups excluding carboxylic acids is 2. The van der Waals surface area contributed by atoms with Gasteiger partial charge in [0.2, 0.25) is 0 Å². The molecule has 5 heteroatoms. The number of ether oxygens (including phenoxy) is 3. The molecule has 0 heterocycles. The van der Waals surface area contributed by atoms with E-state index in [1.807, 2.05) is 60.7 Å². The van der Waals surface area contributed by atoms with Crippen LogP contribution in [0.5, 0.6) is 11.5 Å². The maximum Gasteiger partial charge on any atom is 0.342 e. The molecule has 0 aliphatic rings. The number of rotatable bonds is 9. The Morgan fingerprint density at radius 1 is 0.750 bits per heavy atom. The van der Waals surface area contributed by atoms with Crippen LogP contribution in [0, 0.1) is 0 Å². The molecule has 0 amide bonds. The van der Waals surface area contributed by atoms with E-state index in [0.717, 1.165) is 11.1 Å². The Morgan fingerprint density at radius 3 is 1.96 bits per heavy atom. The van der Waals surface area contributed by atoms with Crippen molar-refractivity contribution in [3.05, 3.63) is 95.6 Å². The van der Waals surface area contributed by atoms with Crippen LogP contribution < -0.4 is 9.47 Å². The zero-order valence-electron chi connectivity index (χ0n) is 15.2. The molecule has 0 aliphatic heterocycles. The highest BCUT2D eigenvalue weighted by Gasteiger charge is 2.19. The van der Waals surface area contributed by atoms with E-state index in [2.05, 4.69) is 0 Å². The zero-order chi connectivity index (χ0) is 19.6. The topological polar surface area (TPSA) is 61.8 Å². The maximum atomic E-state index is 12.3. The first kappa shape index (κ1) is 19.2. The van der Waals surface area contributed by atoms with E-state index in [0.29, 0.717) is 18.6 Å². The van der Waals surface area contributed by atoms with Gasteiger partial charge in [-0.25, -0.2) is 4.79 Å². The monoisotopic (exact) mass is 376 g/mol. The Bertz CT molecular complexity index is 907. The number of hydrogen-bond donors (Lipinski definition) is 0. The summed E-state index contributed by atoms with van der Waals surface area (Å²) in [6, 6.07) is 24.3. The van der Waals surface area contributed by atoms with E-state index < -0.39 is 5.97 Å². The SMILES string of the molecule is O=CCOC(=O)c1cccc(OCc2ccccc2)c1OCc1ccccc1. The molecule has 0 unspecified atom stereocenters. The van der Waals surface area contributed by atoms with Gasteiger partial charge in [0.25, 0.3) is 0 Å². The summed E-state index contributed by atoms with van der Waals surface area (Å²) in [5.41, 5.74) is 2.15. The molecule has 3 aromatic carbocycles. The molecule has 0 saturated carbocycles. The molecule has 0 bridgehead atoms. The average Bonchev–Trinajstić information content (AvgIpc) is 2.76. The summed E-state index contributed by atoms with van der Waals surface area (Å²) in [6.45, 7) is 0.280. The van der Waals surface area contributed by atoms with Crippen molar-refractivity contribution in [1.29, 1.82) is 0 Å². The number of benzene rings is 3. The van der Waals surface area contributed by atoms with Crippen LogP contribution in [0.1, 0.15) is 21.5 Å². The predicted molar refractivity (Wildman–Crippen MR) is 104 cm³/mol. The minimum Gasteiger partial charge on any atom is -0.485 e. The Balaban J connectivity index is 1.84. The van der Waals surface area contributed by atoms with Gasteiger partial charge in [-0.2, -0.15) is 0 Å². The largest absolute Gasteiger partial charge is 0.485 e. The van der Waals surface area contributed by atoms with Crippen molar-refractivity contribution in [2.24, 2.45) is 0 Å². The van der Waals surface area contributed by atoms with Crippen molar-refractivity contribution in [2.75, 3.05) is 6.61 Å². The summed E-state index contributed by atoms with van der Waals surface area (Å²) in [5.74, 6) is 0.0823. The Morgan fingerprint density at radius 2 is 1.36 bits per heavy atom. The van der Waals surface area contributed by atoms with Gasteiger partial charge >= 0.3 is 5.97 Å². The normalized spacial score (nSPS) is 10.1. The van der Waals surface area contributed by atoms with Crippen LogP contribution in [0.25, 0.3) is 0 Å². The molecule has 28 heavy (non-hydrogen) atoms. The molecular weight excluding hydrogens is 356 g/mol. The van der Waals surface area contributed by atoms with Crippen molar-refractivity contribution >= 4 is 12.3 Å². The number of esters is 1. The van der Waals surface area contributed by atoms with Crippen LogP contribution in [0.4, 0.5) is 0 Å². The van der Waals surface area contributed by atoms with Gasteiger partial charge < -0.3 is 14.2 Å². The van der Waals surface area contributed by atoms with E-state index in [4.69, 9.17) is 14.2 Å². The third-order valence-electron chi connectivity index (χ3n) is 3.94. The van der Waals surface area contributed by atoms with E-state index in [1.165, 1.54) is 0 Å². The lowest BCUT2D eigenvalue weighted by Crippen LogP contribution is -2.11. The fraction of sp³-hybridized carbons (Fsp3) is 0.130. The van der Waals surface area contributed by atoms with Crippen molar-refractivity contribution in [3.63, 3.8) is 0 Å². The van der Waals surface area contributed by atoms with Crippen LogP contribution >= 0.6 is 0 Å². The molecule has 5 nitrogen and oxygen atoms in total. The lowest BCUT2D eigenvalue weighted by atomic mass is 10.1. The maximum absolute atomic E-state index is 12.3. The van der Waals surface area contributed by atoms with Crippen LogP contribution in [0.15, 0.2) is 78.9 Å². The standard InChI is InChI=1S/C23H20O5/c24-14-15-26-23(25)20-12-7-13-21(27-16-18-8-3-1-4-9-18)22(20)28-17-19-10-5-2-6-11-19/h1-14H,15-17H2. The van der Waals surface area contributed by atoms with Gasteiger partial charge in [0.15, 0.2) is 17.8 Å². The molecule has 3 aromatic rings. The van der Waals surface area contributed by atoms with Crippen LogP contribution in [-0.2, 0) is 22.7 Å². The van der Waals surface area contributed by atoms with Gasteiger partial charge in [0, 0.05) is 0 Å². The molecule has 3 rings (SSSR count). The van der Waals surface area contributed by atoms with E-state index in [-0.39, 0.29) is 24.5 Å². The first-order valence-corrected chi connectivity index (χ1v) is 8.85. The lowest BCUT2D eigenvalue weighted by Gasteiger charge is -2.16.